The highest BCUT2D eigenvalue weighted by molar-refractivity contribution is 6.01. The Morgan fingerprint density at radius 3 is 2.68 bits per heavy atom. The Balaban J connectivity index is 1.50. The molecule has 0 spiro atoms. The first-order valence-corrected chi connectivity index (χ1v) is 9.60. The maximum atomic E-state index is 12.4. The predicted molar refractivity (Wildman–Crippen MR) is 115 cm³/mol. The summed E-state index contributed by atoms with van der Waals surface area (Å²) >= 11 is 0. The highest BCUT2D eigenvalue weighted by Crippen LogP contribution is 2.30. The van der Waals surface area contributed by atoms with E-state index in [0.717, 1.165) is 11.1 Å². The van der Waals surface area contributed by atoms with E-state index in [9.17, 15) is 9.59 Å². The number of ether oxygens (including phenoxy) is 2. The van der Waals surface area contributed by atoms with Crippen molar-refractivity contribution in [2.75, 3.05) is 24.9 Å². The van der Waals surface area contributed by atoms with Crippen molar-refractivity contribution in [3.05, 3.63) is 65.7 Å². The molecule has 31 heavy (non-hydrogen) atoms. The van der Waals surface area contributed by atoms with Crippen LogP contribution in [-0.4, -0.2) is 40.8 Å². The molecule has 0 unspecified atom stereocenters. The van der Waals surface area contributed by atoms with E-state index in [1.807, 2.05) is 30.3 Å². The first kappa shape index (κ1) is 20.1. The largest absolute Gasteiger partial charge is 0.493 e. The topological polar surface area (TPSA) is 107 Å². The van der Waals surface area contributed by atoms with Crippen LogP contribution < -0.4 is 20.1 Å². The van der Waals surface area contributed by atoms with Gasteiger partial charge in [0.25, 0.3) is 11.9 Å². The smallest absolute Gasteiger partial charge is 0.250 e. The van der Waals surface area contributed by atoms with Crippen molar-refractivity contribution in [2.24, 2.45) is 0 Å². The summed E-state index contributed by atoms with van der Waals surface area (Å²) in [6.45, 7) is 0. The van der Waals surface area contributed by atoms with Gasteiger partial charge >= 0.3 is 0 Å². The molecule has 1 aliphatic rings. The van der Waals surface area contributed by atoms with Crippen LogP contribution in [0, 0.1) is 0 Å². The molecule has 2 N–H and O–H groups in total. The molecule has 2 amide bonds. The Labute approximate surface area is 178 Å². The predicted octanol–water partition coefficient (Wildman–Crippen LogP) is 2.88. The van der Waals surface area contributed by atoms with E-state index in [2.05, 4.69) is 20.7 Å². The van der Waals surface area contributed by atoms with Crippen LogP contribution in [0.5, 0.6) is 11.5 Å². The second-order valence-corrected chi connectivity index (χ2v) is 6.82. The lowest BCUT2D eigenvalue weighted by molar-refractivity contribution is -0.117. The van der Waals surface area contributed by atoms with Gasteiger partial charge in [0, 0.05) is 6.08 Å². The lowest BCUT2D eigenvalue weighted by Crippen LogP contribution is -2.29. The van der Waals surface area contributed by atoms with Gasteiger partial charge in [0.05, 0.1) is 26.7 Å². The number of fused-ring (bicyclic) bond motifs is 1. The molecule has 0 radical (unpaired) electrons. The van der Waals surface area contributed by atoms with Gasteiger partial charge < -0.3 is 9.47 Å². The van der Waals surface area contributed by atoms with Gasteiger partial charge in [-0.25, -0.2) is 4.68 Å². The number of benzene rings is 2. The van der Waals surface area contributed by atoms with Gasteiger partial charge in [-0.15, -0.1) is 5.10 Å². The molecule has 1 aromatic heterocycles. The molecule has 0 saturated heterocycles. The van der Waals surface area contributed by atoms with Crippen molar-refractivity contribution in [1.82, 2.24) is 14.8 Å². The Hall–Kier alpha value is -4.14. The zero-order valence-corrected chi connectivity index (χ0v) is 17.0. The standard InChI is InChI=1S/C22H21N5O4/c1-30-17-10-8-14(12-18(17)31-2)9-11-19(28)23-21-25-22-24-20(29)13-16(27(22)26-21)15-6-4-3-5-7-15/h3-12,16H,13H2,1-2H3,(H2,23,24,25,26,28,29)/b11-9+/t16-/m1/s1. The number of hydrogen-bond acceptors (Lipinski definition) is 6. The maximum absolute atomic E-state index is 12.4. The Morgan fingerprint density at radius 1 is 1.16 bits per heavy atom. The van der Waals surface area contributed by atoms with Gasteiger partial charge in [-0.1, -0.05) is 36.4 Å². The van der Waals surface area contributed by atoms with Gasteiger partial charge in [0.15, 0.2) is 11.5 Å². The SMILES string of the molecule is COc1ccc(/C=C/C(=O)Nc2nc3n(n2)[C@@H](c2ccccc2)CC(=O)N3)cc1OC. The van der Waals surface area contributed by atoms with Crippen LogP contribution in [0.15, 0.2) is 54.6 Å². The number of aromatic nitrogens is 3. The molecule has 3 aromatic rings. The Bertz CT molecular complexity index is 1140. The molecule has 1 atom stereocenters. The summed E-state index contributed by atoms with van der Waals surface area (Å²) in [5.41, 5.74) is 1.70. The Kier molecular flexibility index (Phi) is 5.65. The molecule has 4 rings (SSSR count). The molecule has 0 bridgehead atoms. The van der Waals surface area contributed by atoms with Gasteiger partial charge in [-0.3, -0.25) is 20.2 Å². The molecule has 2 heterocycles. The lowest BCUT2D eigenvalue weighted by atomic mass is 10.0. The van der Waals surface area contributed by atoms with Crippen molar-refractivity contribution in [3.63, 3.8) is 0 Å². The average Bonchev–Trinajstić information content (AvgIpc) is 3.19. The molecule has 0 fully saturated rings. The highest BCUT2D eigenvalue weighted by Gasteiger charge is 2.29. The van der Waals surface area contributed by atoms with Crippen molar-refractivity contribution >= 4 is 29.8 Å². The minimum atomic E-state index is -0.402. The number of nitrogens with one attached hydrogen (secondary N) is 2. The second kappa shape index (κ2) is 8.70. The van der Waals surface area contributed by atoms with Crippen molar-refractivity contribution in [1.29, 1.82) is 0 Å². The lowest BCUT2D eigenvalue weighted by Gasteiger charge is -2.23. The average molecular weight is 419 g/mol. The summed E-state index contributed by atoms with van der Waals surface area (Å²) in [6.07, 6.45) is 3.25. The van der Waals surface area contributed by atoms with E-state index < -0.39 is 5.91 Å². The summed E-state index contributed by atoms with van der Waals surface area (Å²) < 4.78 is 12.1. The van der Waals surface area contributed by atoms with Crippen molar-refractivity contribution in [2.45, 2.75) is 12.5 Å². The van der Waals surface area contributed by atoms with E-state index in [4.69, 9.17) is 9.47 Å². The maximum Gasteiger partial charge on any atom is 0.250 e. The fourth-order valence-electron chi connectivity index (χ4n) is 3.33. The molecule has 9 heteroatoms. The van der Waals surface area contributed by atoms with Gasteiger partial charge in [-0.2, -0.15) is 4.98 Å². The van der Waals surface area contributed by atoms with Gasteiger partial charge in [0.2, 0.25) is 11.9 Å². The minimum absolute atomic E-state index is 0.111. The zero-order chi connectivity index (χ0) is 21.8. The summed E-state index contributed by atoms with van der Waals surface area (Å²) in [4.78, 5) is 28.7. The number of nitrogens with zero attached hydrogens (tertiary/aromatic N) is 3. The van der Waals surface area contributed by atoms with Crippen LogP contribution in [0.3, 0.4) is 0 Å². The minimum Gasteiger partial charge on any atom is -0.493 e. The van der Waals surface area contributed by atoms with Crippen LogP contribution >= 0.6 is 0 Å². The number of methoxy groups -OCH3 is 2. The molecule has 1 aliphatic heterocycles. The first-order valence-electron chi connectivity index (χ1n) is 9.60. The second-order valence-electron chi connectivity index (χ2n) is 6.82. The van der Waals surface area contributed by atoms with Gasteiger partial charge in [-0.05, 0) is 29.3 Å². The quantitative estimate of drug-likeness (QED) is 0.595. The van der Waals surface area contributed by atoms with E-state index >= 15 is 0 Å². The normalized spacial score (nSPS) is 15.3. The number of hydrogen-bond donors (Lipinski definition) is 2. The zero-order valence-electron chi connectivity index (χ0n) is 17.0. The third kappa shape index (κ3) is 4.40. The fraction of sp³-hybridized carbons (Fsp3) is 0.182. The first-order chi connectivity index (χ1) is 15.1. The number of carbonyl (C=O) groups excluding carboxylic acids is 2. The molecule has 0 aliphatic carbocycles. The van der Waals surface area contributed by atoms with Crippen LogP contribution in [0.2, 0.25) is 0 Å². The molecular formula is C22H21N5O4. The van der Waals surface area contributed by atoms with Crippen LogP contribution in [0.1, 0.15) is 23.6 Å². The number of carbonyl (C=O) groups is 2. The summed E-state index contributed by atoms with van der Waals surface area (Å²) in [7, 11) is 3.11. The number of anilines is 2. The van der Waals surface area contributed by atoms with E-state index in [0.29, 0.717) is 17.4 Å². The fourth-order valence-corrected chi connectivity index (χ4v) is 3.33. The molecular weight excluding hydrogens is 398 g/mol. The molecule has 9 nitrogen and oxygen atoms in total. The number of rotatable bonds is 6. The highest BCUT2D eigenvalue weighted by atomic mass is 16.5. The van der Waals surface area contributed by atoms with Crippen LogP contribution in [0.25, 0.3) is 6.08 Å². The number of amides is 2. The summed E-state index contributed by atoms with van der Waals surface area (Å²) in [5, 5.41) is 9.70. The van der Waals surface area contributed by atoms with E-state index in [1.54, 1.807) is 43.2 Å². The molecule has 0 saturated carbocycles. The van der Waals surface area contributed by atoms with E-state index in [-0.39, 0.29) is 24.3 Å². The van der Waals surface area contributed by atoms with E-state index in [1.165, 1.54) is 6.08 Å². The monoisotopic (exact) mass is 419 g/mol. The third-order valence-electron chi connectivity index (χ3n) is 4.81. The molecule has 2 aromatic carbocycles. The molecule has 158 valence electrons. The third-order valence-corrected chi connectivity index (χ3v) is 4.81. The summed E-state index contributed by atoms with van der Waals surface area (Å²) in [6, 6.07) is 14.6. The van der Waals surface area contributed by atoms with Crippen LogP contribution in [0.4, 0.5) is 11.9 Å². The van der Waals surface area contributed by atoms with Crippen molar-refractivity contribution < 1.29 is 19.1 Å². The summed E-state index contributed by atoms with van der Waals surface area (Å²) in [5.74, 6) is 1.02. The van der Waals surface area contributed by atoms with Crippen molar-refractivity contribution in [3.8, 4) is 11.5 Å². The Morgan fingerprint density at radius 2 is 1.94 bits per heavy atom. The van der Waals surface area contributed by atoms with Gasteiger partial charge in [0.1, 0.15) is 0 Å². The van der Waals surface area contributed by atoms with Crippen LogP contribution in [-0.2, 0) is 9.59 Å².